The molecule has 4 nitrogen and oxygen atoms in total. The van der Waals surface area contributed by atoms with Gasteiger partial charge in [-0.3, -0.25) is 5.41 Å². The van der Waals surface area contributed by atoms with Gasteiger partial charge in [-0.1, -0.05) is 18.7 Å². The Morgan fingerprint density at radius 3 is 2.67 bits per heavy atom. The molecule has 1 heterocycles. The Kier molecular flexibility index (Phi) is 4.20. The molecule has 0 fully saturated rings. The van der Waals surface area contributed by atoms with E-state index in [-0.39, 0.29) is 11.1 Å². The third-order valence-electron chi connectivity index (χ3n) is 2.18. The van der Waals surface area contributed by atoms with Crippen LogP contribution in [0.25, 0.3) is 0 Å². The van der Waals surface area contributed by atoms with Crippen molar-refractivity contribution >= 4 is 17.6 Å². The zero-order valence-corrected chi connectivity index (χ0v) is 10.1. The van der Waals surface area contributed by atoms with Gasteiger partial charge >= 0.3 is 0 Å². The van der Waals surface area contributed by atoms with Crippen LogP contribution in [-0.2, 0) is 0 Å². The molecule has 84 valence electrons. The van der Waals surface area contributed by atoms with Crippen molar-refractivity contribution in [3.63, 3.8) is 0 Å². The molecule has 1 unspecified atom stereocenters. The van der Waals surface area contributed by atoms with Crippen LogP contribution in [0.2, 0.25) is 0 Å². The van der Waals surface area contributed by atoms with Gasteiger partial charge in [-0.2, -0.15) is 0 Å². The number of thioether (sulfide) groups is 1. The average molecular weight is 227 g/mol. The van der Waals surface area contributed by atoms with Gasteiger partial charge < -0.3 is 10.2 Å². The van der Waals surface area contributed by atoms with E-state index in [0.717, 1.165) is 17.9 Å². The summed E-state index contributed by atoms with van der Waals surface area (Å²) in [5.41, 5.74) is 6.30. The molecule has 0 spiro atoms. The Balaban J connectivity index is 2.62. The molecular formula is C10H17N3OS. The van der Waals surface area contributed by atoms with Gasteiger partial charge in [0.05, 0.1) is 11.5 Å². The number of nitrogens with one attached hydrogen (secondary N) is 1. The van der Waals surface area contributed by atoms with Crippen molar-refractivity contribution in [1.29, 1.82) is 5.41 Å². The first-order valence-corrected chi connectivity index (χ1v) is 5.84. The van der Waals surface area contributed by atoms with Crippen LogP contribution in [0.1, 0.15) is 31.2 Å². The van der Waals surface area contributed by atoms with Crippen molar-refractivity contribution in [1.82, 2.24) is 4.98 Å². The number of amidine groups is 1. The average Bonchev–Trinajstić information content (AvgIpc) is 2.44. The van der Waals surface area contributed by atoms with E-state index in [1.54, 1.807) is 11.8 Å². The summed E-state index contributed by atoms with van der Waals surface area (Å²) in [6.07, 6.45) is 1.53. The number of nitrogens with zero attached hydrogens (tertiary/aromatic N) is 1. The predicted octanol–water partition coefficient (Wildman–Crippen LogP) is 2.49. The van der Waals surface area contributed by atoms with Crippen LogP contribution in [0.5, 0.6) is 0 Å². The van der Waals surface area contributed by atoms with Crippen LogP contribution >= 0.6 is 11.8 Å². The Bertz CT molecular complexity index is 329. The SMILES string of the molecule is CCC(CC(=N)N)Sc1nc(C)c(C)o1. The minimum Gasteiger partial charge on any atom is -0.437 e. The van der Waals surface area contributed by atoms with Crippen molar-refractivity contribution in [2.45, 2.75) is 44.1 Å². The summed E-state index contributed by atoms with van der Waals surface area (Å²) >= 11 is 1.55. The Morgan fingerprint density at radius 2 is 2.27 bits per heavy atom. The maximum Gasteiger partial charge on any atom is 0.256 e. The van der Waals surface area contributed by atoms with E-state index < -0.39 is 0 Å². The number of oxazole rings is 1. The number of rotatable bonds is 5. The van der Waals surface area contributed by atoms with E-state index in [1.165, 1.54) is 0 Å². The fraction of sp³-hybridized carbons (Fsp3) is 0.600. The molecule has 0 radical (unpaired) electrons. The fourth-order valence-corrected chi connectivity index (χ4v) is 2.23. The van der Waals surface area contributed by atoms with Gasteiger partial charge in [0.25, 0.3) is 5.22 Å². The van der Waals surface area contributed by atoms with Crippen molar-refractivity contribution in [2.75, 3.05) is 0 Å². The second kappa shape index (κ2) is 5.21. The molecule has 0 aliphatic heterocycles. The standard InChI is InChI=1S/C10H17N3OS/c1-4-8(5-9(11)12)15-10-13-6(2)7(3)14-10/h8H,4-5H2,1-3H3,(H3,11,12). The Morgan fingerprint density at radius 1 is 1.60 bits per heavy atom. The third kappa shape index (κ3) is 3.58. The Hall–Kier alpha value is -0.970. The van der Waals surface area contributed by atoms with Crippen LogP contribution in [0.3, 0.4) is 0 Å². The van der Waals surface area contributed by atoms with Gasteiger partial charge in [-0.05, 0) is 20.3 Å². The molecule has 3 N–H and O–H groups in total. The minimum absolute atomic E-state index is 0.217. The number of hydrogen-bond donors (Lipinski definition) is 2. The van der Waals surface area contributed by atoms with Gasteiger partial charge in [0, 0.05) is 11.7 Å². The summed E-state index contributed by atoms with van der Waals surface area (Å²) in [7, 11) is 0. The quantitative estimate of drug-likeness (QED) is 0.460. The summed E-state index contributed by atoms with van der Waals surface area (Å²) in [4.78, 5) is 4.29. The molecule has 15 heavy (non-hydrogen) atoms. The lowest BCUT2D eigenvalue weighted by molar-refractivity contribution is 0.430. The highest BCUT2D eigenvalue weighted by molar-refractivity contribution is 7.99. The normalized spacial score (nSPS) is 12.7. The molecule has 0 aliphatic carbocycles. The molecule has 1 rings (SSSR count). The van der Waals surface area contributed by atoms with Crippen molar-refractivity contribution in [3.05, 3.63) is 11.5 Å². The first kappa shape index (κ1) is 12.1. The summed E-state index contributed by atoms with van der Waals surface area (Å²) < 4.78 is 5.47. The molecule has 1 atom stereocenters. The molecular weight excluding hydrogens is 210 g/mol. The predicted molar refractivity (Wildman–Crippen MR) is 62.4 cm³/mol. The summed E-state index contributed by atoms with van der Waals surface area (Å²) in [6.45, 7) is 5.90. The van der Waals surface area contributed by atoms with Gasteiger partial charge in [0.1, 0.15) is 5.76 Å². The first-order valence-electron chi connectivity index (χ1n) is 4.96. The zero-order valence-electron chi connectivity index (χ0n) is 9.33. The summed E-state index contributed by atoms with van der Waals surface area (Å²) in [6, 6.07) is 0. The largest absolute Gasteiger partial charge is 0.437 e. The second-order valence-electron chi connectivity index (χ2n) is 3.50. The van der Waals surface area contributed by atoms with Crippen molar-refractivity contribution in [3.8, 4) is 0 Å². The molecule has 5 heteroatoms. The van der Waals surface area contributed by atoms with E-state index in [2.05, 4.69) is 11.9 Å². The van der Waals surface area contributed by atoms with Gasteiger partial charge in [0.2, 0.25) is 0 Å². The van der Waals surface area contributed by atoms with Crippen LogP contribution in [0.4, 0.5) is 0 Å². The second-order valence-corrected chi connectivity index (χ2v) is 4.75. The Labute approximate surface area is 94.1 Å². The lowest BCUT2D eigenvalue weighted by Crippen LogP contribution is -2.16. The van der Waals surface area contributed by atoms with E-state index in [4.69, 9.17) is 15.6 Å². The van der Waals surface area contributed by atoms with E-state index in [0.29, 0.717) is 11.6 Å². The summed E-state index contributed by atoms with van der Waals surface area (Å²) in [5.74, 6) is 1.07. The molecule has 0 saturated heterocycles. The van der Waals surface area contributed by atoms with E-state index >= 15 is 0 Å². The molecule has 0 bridgehead atoms. The monoisotopic (exact) mass is 227 g/mol. The van der Waals surface area contributed by atoms with E-state index in [1.807, 2.05) is 13.8 Å². The fourth-order valence-electron chi connectivity index (χ4n) is 1.15. The van der Waals surface area contributed by atoms with Crippen LogP contribution in [-0.4, -0.2) is 16.1 Å². The van der Waals surface area contributed by atoms with Gasteiger partial charge in [-0.25, -0.2) is 4.98 Å². The summed E-state index contributed by atoms with van der Waals surface area (Å²) in [5, 5.41) is 8.21. The molecule has 0 saturated carbocycles. The van der Waals surface area contributed by atoms with Gasteiger partial charge in [0.15, 0.2) is 0 Å². The number of aromatic nitrogens is 1. The maximum absolute atomic E-state index is 7.25. The third-order valence-corrected chi connectivity index (χ3v) is 3.39. The first-order chi connectivity index (χ1) is 7.02. The smallest absolute Gasteiger partial charge is 0.256 e. The van der Waals surface area contributed by atoms with Crippen molar-refractivity contribution < 1.29 is 4.42 Å². The topological polar surface area (TPSA) is 75.9 Å². The highest BCUT2D eigenvalue weighted by Crippen LogP contribution is 2.28. The number of nitrogens with two attached hydrogens (primary N) is 1. The molecule has 0 aliphatic rings. The zero-order chi connectivity index (χ0) is 11.4. The number of aryl methyl sites for hydroxylation is 2. The van der Waals surface area contributed by atoms with E-state index in [9.17, 15) is 0 Å². The van der Waals surface area contributed by atoms with Crippen LogP contribution < -0.4 is 5.73 Å². The highest BCUT2D eigenvalue weighted by Gasteiger charge is 2.14. The molecule has 1 aromatic rings. The lowest BCUT2D eigenvalue weighted by Gasteiger charge is -2.10. The van der Waals surface area contributed by atoms with Crippen LogP contribution in [0, 0.1) is 19.3 Å². The molecule has 1 aromatic heterocycles. The molecule has 0 amide bonds. The van der Waals surface area contributed by atoms with Crippen molar-refractivity contribution in [2.24, 2.45) is 5.73 Å². The number of hydrogen-bond acceptors (Lipinski definition) is 4. The lowest BCUT2D eigenvalue weighted by atomic mass is 10.2. The maximum atomic E-state index is 7.25. The molecule has 0 aromatic carbocycles. The minimum atomic E-state index is 0.217. The van der Waals surface area contributed by atoms with Crippen LogP contribution in [0.15, 0.2) is 9.64 Å². The van der Waals surface area contributed by atoms with Gasteiger partial charge in [-0.15, -0.1) is 0 Å². The highest BCUT2D eigenvalue weighted by atomic mass is 32.2.